The molecule has 9 nitrogen and oxygen atoms in total. The van der Waals surface area contributed by atoms with Gasteiger partial charge in [0.2, 0.25) is 15.9 Å². The molecule has 0 aliphatic carbocycles. The monoisotopic (exact) mass is 484 g/mol. The highest BCUT2D eigenvalue weighted by Crippen LogP contribution is 2.38. The van der Waals surface area contributed by atoms with Crippen LogP contribution < -0.4 is 29.0 Å². The molecule has 1 aliphatic rings. The van der Waals surface area contributed by atoms with Crippen LogP contribution in [0.5, 0.6) is 23.0 Å². The predicted octanol–water partition coefficient (Wildman–Crippen LogP) is 2.50. The Balaban J connectivity index is 1.52. The first-order valence-corrected chi connectivity index (χ1v) is 11.8. The Morgan fingerprint density at radius 2 is 1.84 bits per heavy atom. The molecule has 1 aliphatic heterocycles. The second-order valence-electron chi connectivity index (χ2n) is 6.90. The van der Waals surface area contributed by atoms with Gasteiger partial charge in [-0.15, -0.1) is 0 Å². The molecule has 0 spiro atoms. The number of amides is 1. The number of rotatable bonds is 9. The van der Waals surface area contributed by atoms with Crippen LogP contribution in [0.25, 0.3) is 0 Å². The molecule has 0 saturated heterocycles. The zero-order valence-electron chi connectivity index (χ0n) is 17.8. The van der Waals surface area contributed by atoms with Crippen LogP contribution in [0.15, 0.2) is 35.2 Å². The molecule has 32 heavy (non-hydrogen) atoms. The third-order valence-corrected chi connectivity index (χ3v) is 6.40. The van der Waals surface area contributed by atoms with Gasteiger partial charge in [0.25, 0.3) is 0 Å². The minimum atomic E-state index is -3.81. The summed E-state index contributed by atoms with van der Waals surface area (Å²) in [5, 5.41) is 3.16. The van der Waals surface area contributed by atoms with E-state index in [0.29, 0.717) is 41.2 Å². The second kappa shape index (κ2) is 10.8. The maximum atomic E-state index is 12.5. The molecule has 2 N–H and O–H groups in total. The number of sulfonamides is 1. The quantitative estimate of drug-likeness (QED) is 0.562. The molecule has 1 amide bonds. The normalized spacial score (nSPS) is 13.2. The molecular weight excluding hydrogens is 460 g/mol. The highest BCUT2D eigenvalue weighted by molar-refractivity contribution is 7.89. The van der Waals surface area contributed by atoms with Gasteiger partial charge in [0.15, 0.2) is 23.0 Å². The van der Waals surface area contributed by atoms with E-state index in [1.165, 1.54) is 32.4 Å². The SMILES string of the molecule is COc1ccc(S(=O)(=O)NCCC(=O)NCc2cc(Cl)c3c(c2)OCCCO3)cc1OC. The van der Waals surface area contributed by atoms with E-state index in [1.54, 1.807) is 12.1 Å². The van der Waals surface area contributed by atoms with Crippen LogP contribution in [0, 0.1) is 0 Å². The molecule has 11 heteroatoms. The Kier molecular flexibility index (Phi) is 8.05. The maximum absolute atomic E-state index is 12.5. The van der Waals surface area contributed by atoms with Gasteiger partial charge in [0, 0.05) is 32.0 Å². The molecule has 0 aromatic heterocycles. The van der Waals surface area contributed by atoms with Gasteiger partial charge in [-0.25, -0.2) is 13.1 Å². The number of hydrogen-bond donors (Lipinski definition) is 2. The molecule has 2 aromatic carbocycles. The lowest BCUT2D eigenvalue weighted by molar-refractivity contribution is -0.121. The Morgan fingerprint density at radius 3 is 2.59 bits per heavy atom. The van der Waals surface area contributed by atoms with Gasteiger partial charge in [-0.2, -0.15) is 0 Å². The van der Waals surface area contributed by atoms with E-state index >= 15 is 0 Å². The minimum absolute atomic E-state index is 0.0115. The average molecular weight is 485 g/mol. The lowest BCUT2D eigenvalue weighted by Gasteiger charge is -2.13. The van der Waals surface area contributed by atoms with Crippen molar-refractivity contribution in [3.63, 3.8) is 0 Å². The fourth-order valence-corrected chi connectivity index (χ4v) is 4.38. The number of halogens is 1. The van der Waals surface area contributed by atoms with E-state index in [2.05, 4.69) is 10.0 Å². The van der Waals surface area contributed by atoms with Crippen molar-refractivity contribution in [1.29, 1.82) is 0 Å². The minimum Gasteiger partial charge on any atom is -0.493 e. The third-order valence-electron chi connectivity index (χ3n) is 4.66. The van der Waals surface area contributed by atoms with Gasteiger partial charge in [-0.05, 0) is 29.8 Å². The summed E-state index contributed by atoms with van der Waals surface area (Å²) in [7, 11) is -0.933. The van der Waals surface area contributed by atoms with Crippen LogP contribution in [0.2, 0.25) is 5.02 Å². The summed E-state index contributed by atoms with van der Waals surface area (Å²) in [5.74, 6) is 1.44. The summed E-state index contributed by atoms with van der Waals surface area (Å²) in [4.78, 5) is 12.2. The van der Waals surface area contributed by atoms with Gasteiger partial charge in [0.05, 0.1) is 37.4 Å². The number of fused-ring (bicyclic) bond motifs is 1. The van der Waals surface area contributed by atoms with E-state index in [1.807, 2.05) is 0 Å². The zero-order chi connectivity index (χ0) is 23.1. The summed E-state index contributed by atoms with van der Waals surface area (Å²) < 4.78 is 48.8. The van der Waals surface area contributed by atoms with Crippen molar-refractivity contribution >= 4 is 27.5 Å². The molecule has 0 radical (unpaired) electrons. The van der Waals surface area contributed by atoms with Crippen molar-refractivity contribution in [2.45, 2.75) is 24.3 Å². The first-order chi connectivity index (χ1) is 15.3. The van der Waals surface area contributed by atoms with E-state index in [4.69, 9.17) is 30.5 Å². The topological polar surface area (TPSA) is 112 Å². The lowest BCUT2D eigenvalue weighted by Crippen LogP contribution is -2.30. The van der Waals surface area contributed by atoms with Crippen molar-refractivity contribution in [2.24, 2.45) is 0 Å². The molecule has 0 bridgehead atoms. The smallest absolute Gasteiger partial charge is 0.240 e. The molecule has 0 atom stereocenters. The number of benzene rings is 2. The van der Waals surface area contributed by atoms with Crippen molar-refractivity contribution < 1.29 is 32.2 Å². The van der Waals surface area contributed by atoms with E-state index in [0.717, 1.165) is 12.0 Å². The highest BCUT2D eigenvalue weighted by Gasteiger charge is 2.18. The van der Waals surface area contributed by atoms with Crippen LogP contribution in [0.1, 0.15) is 18.4 Å². The van der Waals surface area contributed by atoms with Crippen molar-refractivity contribution in [3.8, 4) is 23.0 Å². The fraction of sp³-hybridized carbons (Fsp3) is 0.381. The number of hydrogen-bond acceptors (Lipinski definition) is 7. The fourth-order valence-electron chi connectivity index (χ4n) is 3.04. The maximum Gasteiger partial charge on any atom is 0.240 e. The van der Waals surface area contributed by atoms with Crippen LogP contribution in [0.4, 0.5) is 0 Å². The van der Waals surface area contributed by atoms with Crippen LogP contribution >= 0.6 is 11.6 Å². The summed E-state index contributed by atoms with van der Waals surface area (Å²) in [6, 6.07) is 7.73. The zero-order valence-corrected chi connectivity index (χ0v) is 19.3. The van der Waals surface area contributed by atoms with E-state index < -0.39 is 10.0 Å². The molecule has 0 fully saturated rings. The first kappa shape index (κ1) is 24.0. The van der Waals surface area contributed by atoms with Crippen molar-refractivity contribution in [2.75, 3.05) is 34.0 Å². The Bertz CT molecular complexity index is 1080. The number of nitrogens with one attached hydrogen (secondary N) is 2. The van der Waals surface area contributed by atoms with Crippen LogP contribution in [-0.2, 0) is 21.4 Å². The molecular formula is C21H25ClN2O7S. The predicted molar refractivity (Wildman–Crippen MR) is 118 cm³/mol. The summed E-state index contributed by atoms with van der Waals surface area (Å²) in [6.45, 7) is 1.21. The van der Waals surface area contributed by atoms with E-state index in [-0.39, 0.29) is 30.3 Å². The standard InChI is InChI=1S/C21H25ClN2O7S/c1-28-17-5-4-15(12-18(17)29-2)32(26,27)24-7-6-20(25)23-13-14-10-16(22)21-19(11-14)30-8-3-9-31-21/h4-5,10-12,24H,3,6-9,13H2,1-2H3,(H,23,25). The molecule has 3 rings (SSSR count). The Morgan fingerprint density at radius 1 is 1.09 bits per heavy atom. The van der Waals surface area contributed by atoms with Crippen molar-refractivity contribution in [1.82, 2.24) is 10.0 Å². The molecule has 1 heterocycles. The Hall–Kier alpha value is -2.69. The van der Waals surface area contributed by atoms with Gasteiger partial charge in [0.1, 0.15) is 0 Å². The van der Waals surface area contributed by atoms with E-state index in [9.17, 15) is 13.2 Å². The first-order valence-electron chi connectivity index (χ1n) is 9.90. The van der Waals surface area contributed by atoms with Gasteiger partial charge in [-0.3, -0.25) is 4.79 Å². The van der Waals surface area contributed by atoms with Crippen LogP contribution in [0.3, 0.4) is 0 Å². The number of methoxy groups -OCH3 is 2. The molecule has 0 saturated carbocycles. The number of ether oxygens (including phenoxy) is 4. The largest absolute Gasteiger partial charge is 0.493 e. The molecule has 0 unspecified atom stereocenters. The summed E-state index contributed by atoms with van der Waals surface area (Å²) in [5.41, 5.74) is 0.749. The second-order valence-corrected chi connectivity index (χ2v) is 9.07. The van der Waals surface area contributed by atoms with Crippen LogP contribution in [-0.4, -0.2) is 48.3 Å². The third kappa shape index (κ3) is 5.96. The lowest BCUT2D eigenvalue weighted by atomic mass is 10.2. The van der Waals surface area contributed by atoms with Gasteiger partial charge in [-0.1, -0.05) is 11.6 Å². The number of carbonyl (C=O) groups excluding carboxylic acids is 1. The molecule has 2 aromatic rings. The van der Waals surface area contributed by atoms with Crippen molar-refractivity contribution in [3.05, 3.63) is 40.9 Å². The molecule has 174 valence electrons. The van der Waals surface area contributed by atoms with Gasteiger partial charge >= 0.3 is 0 Å². The Labute approximate surface area is 192 Å². The number of carbonyl (C=O) groups is 1. The average Bonchev–Trinajstić information content (AvgIpc) is 3.03. The highest BCUT2D eigenvalue weighted by atomic mass is 35.5. The summed E-state index contributed by atoms with van der Waals surface area (Å²) >= 11 is 6.26. The summed E-state index contributed by atoms with van der Waals surface area (Å²) in [6.07, 6.45) is 0.723. The van der Waals surface area contributed by atoms with Gasteiger partial charge < -0.3 is 24.3 Å².